The van der Waals surface area contributed by atoms with Crippen molar-refractivity contribution in [1.82, 2.24) is 9.97 Å². The second kappa shape index (κ2) is 7.36. The lowest BCUT2D eigenvalue weighted by Gasteiger charge is -2.36. The maximum Gasteiger partial charge on any atom is 0.306 e. The Labute approximate surface area is 143 Å². The molecule has 3 rings (SSSR count). The monoisotopic (exact) mass is 332 g/mol. The van der Waals surface area contributed by atoms with Crippen molar-refractivity contribution in [3.8, 4) is 0 Å². The lowest BCUT2D eigenvalue weighted by Crippen LogP contribution is -2.41. The molecule has 0 bridgehead atoms. The molecule has 0 radical (unpaired) electrons. The minimum atomic E-state index is -0.673. The SMILES string of the molecule is CCC1CCCCN1c1nc(C)cc(N2CCC(C(=O)O)CC2)n1. The summed E-state index contributed by atoms with van der Waals surface area (Å²) in [5, 5.41) is 9.16. The van der Waals surface area contributed by atoms with Crippen LogP contribution in [0.25, 0.3) is 0 Å². The Bertz CT molecular complexity index is 584. The molecule has 0 aromatic carbocycles. The number of anilines is 2. The molecule has 24 heavy (non-hydrogen) atoms. The van der Waals surface area contributed by atoms with E-state index in [2.05, 4.69) is 21.7 Å². The molecule has 2 aliphatic heterocycles. The summed E-state index contributed by atoms with van der Waals surface area (Å²) in [6.45, 7) is 6.79. The quantitative estimate of drug-likeness (QED) is 0.914. The normalized spacial score (nSPS) is 22.7. The molecule has 0 saturated carbocycles. The van der Waals surface area contributed by atoms with Crippen LogP contribution >= 0.6 is 0 Å². The number of hydrogen-bond donors (Lipinski definition) is 1. The van der Waals surface area contributed by atoms with Gasteiger partial charge in [0, 0.05) is 37.4 Å². The van der Waals surface area contributed by atoms with E-state index in [4.69, 9.17) is 10.1 Å². The second-order valence-corrected chi connectivity index (χ2v) is 7.02. The number of piperidine rings is 2. The zero-order chi connectivity index (χ0) is 17.1. The molecule has 3 heterocycles. The first-order valence-electron chi connectivity index (χ1n) is 9.18. The van der Waals surface area contributed by atoms with E-state index in [1.807, 2.05) is 13.0 Å². The molecule has 0 aliphatic carbocycles. The van der Waals surface area contributed by atoms with Gasteiger partial charge in [0.2, 0.25) is 5.95 Å². The molecule has 2 aliphatic rings. The lowest BCUT2D eigenvalue weighted by molar-refractivity contribution is -0.142. The van der Waals surface area contributed by atoms with Crippen LogP contribution in [-0.2, 0) is 4.79 Å². The minimum Gasteiger partial charge on any atom is -0.481 e. The second-order valence-electron chi connectivity index (χ2n) is 7.02. The van der Waals surface area contributed by atoms with Crippen LogP contribution in [0.4, 0.5) is 11.8 Å². The van der Waals surface area contributed by atoms with Gasteiger partial charge in [-0.3, -0.25) is 4.79 Å². The maximum atomic E-state index is 11.1. The first kappa shape index (κ1) is 17.0. The Balaban J connectivity index is 1.78. The van der Waals surface area contributed by atoms with Gasteiger partial charge in [-0.2, -0.15) is 4.98 Å². The van der Waals surface area contributed by atoms with Crippen molar-refractivity contribution in [2.45, 2.75) is 58.4 Å². The summed E-state index contributed by atoms with van der Waals surface area (Å²) in [5.41, 5.74) is 0.982. The van der Waals surface area contributed by atoms with Crippen molar-refractivity contribution in [2.75, 3.05) is 29.4 Å². The van der Waals surface area contributed by atoms with Crippen LogP contribution in [0.15, 0.2) is 6.07 Å². The number of nitrogens with zero attached hydrogens (tertiary/aromatic N) is 4. The molecular formula is C18H28N4O2. The molecule has 0 spiro atoms. The van der Waals surface area contributed by atoms with Crippen LogP contribution in [0.1, 0.15) is 51.1 Å². The van der Waals surface area contributed by atoms with Gasteiger partial charge in [-0.1, -0.05) is 6.92 Å². The lowest BCUT2D eigenvalue weighted by atomic mass is 9.97. The van der Waals surface area contributed by atoms with E-state index in [1.54, 1.807) is 0 Å². The number of rotatable bonds is 4. The highest BCUT2D eigenvalue weighted by Crippen LogP contribution is 2.28. The fourth-order valence-electron chi connectivity index (χ4n) is 3.87. The Hall–Kier alpha value is -1.85. The Morgan fingerprint density at radius 3 is 2.62 bits per heavy atom. The van der Waals surface area contributed by atoms with Crippen molar-refractivity contribution in [2.24, 2.45) is 5.92 Å². The van der Waals surface area contributed by atoms with Crippen molar-refractivity contribution in [3.63, 3.8) is 0 Å². The van der Waals surface area contributed by atoms with Gasteiger partial charge >= 0.3 is 5.97 Å². The summed E-state index contributed by atoms with van der Waals surface area (Å²) in [5.74, 6) is 0.905. The maximum absolute atomic E-state index is 11.1. The average Bonchev–Trinajstić information content (AvgIpc) is 2.61. The van der Waals surface area contributed by atoms with Crippen LogP contribution in [0, 0.1) is 12.8 Å². The van der Waals surface area contributed by atoms with E-state index < -0.39 is 5.97 Å². The fraction of sp³-hybridized carbons (Fsp3) is 0.722. The van der Waals surface area contributed by atoms with Crippen LogP contribution in [0.5, 0.6) is 0 Å². The molecule has 1 unspecified atom stereocenters. The zero-order valence-electron chi connectivity index (χ0n) is 14.7. The third-order valence-electron chi connectivity index (χ3n) is 5.35. The smallest absolute Gasteiger partial charge is 0.306 e. The predicted octanol–water partition coefficient (Wildman–Crippen LogP) is 2.85. The minimum absolute atomic E-state index is 0.213. The van der Waals surface area contributed by atoms with Gasteiger partial charge in [0.1, 0.15) is 5.82 Å². The standard InChI is InChI=1S/C18H28N4O2/c1-3-15-6-4-5-9-22(15)18-19-13(2)12-16(20-18)21-10-7-14(8-11-21)17(23)24/h12,14-15H,3-11H2,1-2H3,(H,23,24). The van der Waals surface area contributed by atoms with Gasteiger partial charge < -0.3 is 14.9 Å². The van der Waals surface area contributed by atoms with E-state index in [9.17, 15) is 4.79 Å². The van der Waals surface area contributed by atoms with Crippen molar-refractivity contribution in [1.29, 1.82) is 0 Å². The average molecular weight is 332 g/mol. The molecule has 1 N–H and O–H groups in total. The summed E-state index contributed by atoms with van der Waals surface area (Å²) in [6.07, 6.45) is 6.21. The fourth-order valence-corrected chi connectivity index (χ4v) is 3.87. The molecule has 0 amide bonds. The Morgan fingerprint density at radius 2 is 1.96 bits per heavy atom. The van der Waals surface area contributed by atoms with Crippen molar-refractivity contribution < 1.29 is 9.90 Å². The van der Waals surface area contributed by atoms with Gasteiger partial charge in [0.05, 0.1) is 5.92 Å². The van der Waals surface area contributed by atoms with E-state index >= 15 is 0 Å². The first-order chi connectivity index (χ1) is 11.6. The topological polar surface area (TPSA) is 69.6 Å². The number of aliphatic carboxylic acids is 1. The van der Waals surface area contributed by atoms with Crippen LogP contribution < -0.4 is 9.80 Å². The largest absolute Gasteiger partial charge is 0.481 e. The molecule has 6 nitrogen and oxygen atoms in total. The highest BCUT2D eigenvalue weighted by Gasteiger charge is 2.27. The molecule has 1 aromatic heterocycles. The summed E-state index contributed by atoms with van der Waals surface area (Å²) in [7, 11) is 0. The van der Waals surface area contributed by atoms with Crippen molar-refractivity contribution in [3.05, 3.63) is 11.8 Å². The van der Waals surface area contributed by atoms with E-state index in [-0.39, 0.29) is 5.92 Å². The number of carboxylic acids is 1. The number of carboxylic acid groups (broad SMARTS) is 1. The van der Waals surface area contributed by atoms with Gasteiger partial charge in [0.25, 0.3) is 0 Å². The molecular weight excluding hydrogens is 304 g/mol. The summed E-state index contributed by atoms with van der Waals surface area (Å²) >= 11 is 0. The van der Waals surface area contributed by atoms with E-state index in [0.717, 1.165) is 43.5 Å². The third kappa shape index (κ3) is 3.62. The number of carbonyl (C=O) groups is 1. The molecule has 1 atom stereocenters. The van der Waals surface area contributed by atoms with Gasteiger partial charge in [-0.25, -0.2) is 4.98 Å². The Morgan fingerprint density at radius 1 is 1.21 bits per heavy atom. The number of hydrogen-bond acceptors (Lipinski definition) is 5. The zero-order valence-corrected chi connectivity index (χ0v) is 14.7. The summed E-state index contributed by atoms with van der Waals surface area (Å²) < 4.78 is 0. The molecule has 2 saturated heterocycles. The highest BCUT2D eigenvalue weighted by molar-refractivity contribution is 5.70. The van der Waals surface area contributed by atoms with Crippen LogP contribution in [0.2, 0.25) is 0 Å². The van der Waals surface area contributed by atoms with Crippen LogP contribution in [-0.4, -0.2) is 46.7 Å². The van der Waals surface area contributed by atoms with E-state index in [1.165, 1.54) is 19.3 Å². The van der Waals surface area contributed by atoms with Gasteiger partial charge in [0.15, 0.2) is 0 Å². The van der Waals surface area contributed by atoms with Gasteiger partial charge in [-0.05, 0) is 45.4 Å². The van der Waals surface area contributed by atoms with E-state index in [0.29, 0.717) is 18.9 Å². The third-order valence-corrected chi connectivity index (χ3v) is 5.35. The first-order valence-corrected chi connectivity index (χ1v) is 9.18. The number of aromatic nitrogens is 2. The van der Waals surface area contributed by atoms with Crippen LogP contribution in [0.3, 0.4) is 0 Å². The summed E-state index contributed by atoms with van der Waals surface area (Å²) in [6, 6.07) is 2.56. The predicted molar refractivity (Wildman–Crippen MR) is 94.6 cm³/mol. The molecule has 2 fully saturated rings. The molecule has 1 aromatic rings. The Kier molecular flexibility index (Phi) is 5.21. The highest BCUT2D eigenvalue weighted by atomic mass is 16.4. The molecule has 6 heteroatoms. The van der Waals surface area contributed by atoms with Crippen molar-refractivity contribution >= 4 is 17.7 Å². The van der Waals surface area contributed by atoms with Gasteiger partial charge in [-0.15, -0.1) is 0 Å². The number of aryl methyl sites for hydroxylation is 1. The summed E-state index contributed by atoms with van der Waals surface area (Å²) in [4.78, 5) is 25.2. The molecule has 132 valence electrons.